The van der Waals surface area contributed by atoms with Crippen LogP contribution >= 0.6 is 0 Å². The van der Waals surface area contributed by atoms with E-state index >= 15 is 0 Å². The molecule has 23 heavy (non-hydrogen) atoms. The van der Waals surface area contributed by atoms with E-state index in [0.29, 0.717) is 18.3 Å². The average molecular weight is 312 g/mol. The van der Waals surface area contributed by atoms with E-state index in [2.05, 4.69) is 12.0 Å². The lowest BCUT2D eigenvalue weighted by Gasteiger charge is -2.35. The van der Waals surface area contributed by atoms with Crippen LogP contribution in [0.2, 0.25) is 0 Å². The predicted octanol–water partition coefficient (Wildman–Crippen LogP) is 3.10. The third kappa shape index (κ3) is 2.14. The molecule has 122 valence electrons. The Balaban J connectivity index is 1.52. The van der Waals surface area contributed by atoms with Gasteiger partial charge in [-0.25, -0.2) is 5.01 Å². The number of nitrogens with zero attached hydrogens (tertiary/aromatic N) is 2. The number of allylic oxidation sites excluding steroid dienone is 3. The molecule has 4 heteroatoms. The summed E-state index contributed by atoms with van der Waals surface area (Å²) in [5.41, 5.74) is 1.17. The molecule has 3 aliphatic carbocycles. The Labute approximate surface area is 137 Å². The van der Waals surface area contributed by atoms with E-state index in [1.54, 1.807) is 0 Å². The molecule has 2 fully saturated rings. The maximum atomic E-state index is 13.1. The summed E-state index contributed by atoms with van der Waals surface area (Å²) in [5.74, 6) is 1.92. The molecule has 1 aliphatic heterocycles. The van der Waals surface area contributed by atoms with Crippen LogP contribution in [0.3, 0.4) is 0 Å². The quantitative estimate of drug-likeness (QED) is 0.801. The van der Waals surface area contributed by atoms with Crippen LogP contribution in [0, 0.1) is 23.2 Å². The molecule has 4 atom stereocenters. The third-order valence-corrected chi connectivity index (χ3v) is 6.60. The second-order valence-electron chi connectivity index (χ2n) is 7.78. The molecular formula is C19H24N2O2. The van der Waals surface area contributed by atoms with Crippen molar-refractivity contribution in [2.24, 2.45) is 28.3 Å². The van der Waals surface area contributed by atoms with Crippen LogP contribution < -0.4 is 0 Å². The molecule has 0 radical (unpaired) electrons. The van der Waals surface area contributed by atoms with Crippen molar-refractivity contribution in [1.82, 2.24) is 5.01 Å². The minimum Gasteiger partial charge on any atom is -0.292 e. The summed E-state index contributed by atoms with van der Waals surface area (Å²) in [6, 6.07) is 0. The topological polar surface area (TPSA) is 49.7 Å². The molecule has 0 aromatic rings. The van der Waals surface area contributed by atoms with Crippen molar-refractivity contribution in [2.45, 2.75) is 46.0 Å². The number of fused-ring (bicyclic) bond motifs is 2. The lowest BCUT2D eigenvalue weighted by atomic mass is 9.66. The molecule has 4 nitrogen and oxygen atoms in total. The van der Waals surface area contributed by atoms with Crippen molar-refractivity contribution in [2.75, 3.05) is 6.54 Å². The first-order chi connectivity index (χ1) is 11.0. The normalized spacial score (nSPS) is 38.4. The first-order valence-corrected chi connectivity index (χ1v) is 8.76. The minimum absolute atomic E-state index is 0.0112. The Morgan fingerprint density at radius 2 is 2.22 bits per heavy atom. The Morgan fingerprint density at radius 1 is 1.39 bits per heavy atom. The Hall–Kier alpha value is -1.71. The molecular weight excluding hydrogens is 288 g/mol. The smallest absolute Gasteiger partial charge is 0.255 e. The number of hydrogen-bond acceptors (Lipinski definition) is 3. The molecule has 0 aromatic heterocycles. The van der Waals surface area contributed by atoms with Gasteiger partial charge >= 0.3 is 0 Å². The monoisotopic (exact) mass is 312 g/mol. The van der Waals surface area contributed by atoms with Gasteiger partial charge in [-0.3, -0.25) is 9.59 Å². The number of amides is 1. The molecule has 0 saturated heterocycles. The number of carbonyl (C=O) groups excluding carboxylic acids is 2. The molecule has 2 saturated carbocycles. The lowest BCUT2D eigenvalue weighted by Crippen LogP contribution is -2.45. The zero-order valence-electron chi connectivity index (χ0n) is 13.9. The van der Waals surface area contributed by atoms with Crippen LogP contribution in [-0.4, -0.2) is 29.0 Å². The fourth-order valence-corrected chi connectivity index (χ4v) is 5.13. The van der Waals surface area contributed by atoms with Crippen molar-refractivity contribution in [3.05, 3.63) is 23.8 Å². The van der Waals surface area contributed by atoms with E-state index in [-0.39, 0.29) is 18.2 Å². The molecule has 1 heterocycles. The van der Waals surface area contributed by atoms with E-state index in [9.17, 15) is 9.59 Å². The lowest BCUT2D eigenvalue weighted by molar-refractivity contribution is -0.140. The van der Waals surface area contributed by atoms with E-state index in [0.717, 1.165) is 23.6 Å². The summed E-state index contributed by atoms with van der Waals surface area (Å²) in [4.78, 5) is 25.4. The predicted molar refractivity (Wildman–Crippen MR) is 88.7 cm³/mol. The van der Waals surface area contributed by atoms with Crippen molar-refractivity contribution in [3.63, 3.8) is 0 Å². The van der Waals surface area contributed by atoms with Gasteiger partial charge in [-0.1, -0.05) is 24.6 Å². The Kier molecular flexibility index (Phi) is 3.33. The van der Waals surface area contributed by atoms with Gasteiger partial charge in [0.05, 0.1) is 11.1 Å². The average Bonchev–Trinajstić information content (AvgIpc) is 3.30. The molecule has 3 unspecified atom stereocenters. The highest BCUT2D eigenvalue weighted by Crippen LogP contribution is 2.56. The summed E-state index contributed by atoms with van der Waals surface area (Å²) >= 11 is 0. The van der Waals surface area contributed by atoms with E-state index in [4.69, 9.17) is 0 Å². The standard InChI is InChI=1S/C19H24N2O2/c1-12-19(2,16-10-13-7-8-15(16)9-13)18(23)21(20-12)11-17(22)14-5-3-4-6-14/h3-5,13,15-16H,6-11H2,1-2H3/t13?,15?,16?,19-/m0/s1. The number of carbonyl (C=O) groups is 2. The second kappa shape index (κ2) is 5.15. The molecule has 0 N–H and O–H groups in total. The third-order valence-electron chi connectivity index (χ3n) is 6.60. The highest BCUT2D eigenvalue weighted by Gasteiger charge is 2.57. The van der Waals surface area contributed by atoms with Gasteiger partial charge in [0, 0.05) is 5.57 Å². The maximum Gasteiger partial charge on any atom is 0.255 e. The zero-order valence-corrected chi connectivity index (χ0v) is 13.9. The van der Waals surface area contributed by atoms with Crippen LogP contribution in [0.15, 0.2) is 28.9 Å². The Morgan fingerprint density at radius 3 is 2.83 bits per heavy atom. The summed E-state index contributed by atoms with van der Waals surface area (Å²) in [7, 11) is 0. The van der Waals surface area contributed by atoms with Crippen molar-refractivity contribution < 1.29 is 9.59 Å². The molecule has 4 aliphatic rings. The first-order valence-electron chi connectivity index (χ1n) is 8.76. The maximum absolute atomic E-state index is 13.1. The molecule has 2 bridgehead atoms. The number of hydrazone groups is 1. The fraction of sp³-hybridized carbons (Fsp3) is 0.632. The summed E-state index contributed by atoms with van der Waals surface area (Å²) in [6.07, 6.45) is 11.4. The van der Waals surface area contributed by atoms with Crippen LogP contribution in [0.1, 0.15) is 46.0 Å². The number of Topliss-reactive ketones (excluding diaryl/α,β-unsaturated/α-hetero) is 1. The highest BCUT2D eigenvalue weighted by atomic mass is 16.2. The highest BCUT2D eigenvalue weighted by molar-refractivity contribution is 6.12. The molecule has 0 aromatic carbocycles. The minimum atomic E-state index is -0.498. The van der Waals surface area contributed by atoms with E-state index in [1.807, 2.05) is 25.2 Å². The molecule has 1 amide bonds. The zero-order chi connectivity index (χ0) is 16.2. The summed E-state index contributed by atoms with van der Waals surface area (Å²) in [5, 5.41) is 5.93. The van der Waals surface area contributed by atoms with Crippen LogP contribution in [0.5, 0.6) is 0 Å². The fourth-order valence-electron chi connectivity index (χ4n) is 5.13. The summed E-state index contributed by atoms with van der Waals surface area (Å²) < 4.78 is 0. The first kappa shape index (κ1) is 14.9. The SMILES string of the molecule is CC1=NN(CC(=O)C2=CC=CC2)C(=O)[C@]1(C)C1CC2CCC1C2. The summed E-state index contributed by atoms with van der Waals surface area (Å²) in [6.45, 7) is 4.10. The number of hydrogen-bond donors (Lipinski definition) is 0. The van der Waals surface area contributed by atoms with Crippen molar-refractivity contribution >= 4 is 17.4 Å². The molecule has 0 spiro atoms. The van der Waals surface area contributed by atoms with E-state index < -0.39 is 5.41 Å². The van der Waals surface area contributed by atoms with Gasteiger partial charge in [0.1, 0.15) is 6.54 Å². The largest absolute Gasteiger partial charge is 0.292 e. The van der Waals surface area contributed by atoms with Gasteiger partial charge in [-0.2, -0.15) is 5.10 Å². The van der Waals surface area contributed by atoms with Crippen LogP contribution in [0.4, 0.5) is 0 Å². The van der Waals surface area contributed by atoms with E-state index in [1.165, 1.54) is 24.3 Å². The van der Waals surface area contributed by atoms with Gasteiger partial charge in [0.25, 0.3) is 5.91 Å². The number of rotatable bonds is 4. The van der Waals surface area contributed by atoms with Gasteiger partial charge in [-0.05, 0) is 57.3 Å². The van der Waals surface area contributed by atoms with Gasteiger partial charge in [0.15, 0.2) is 5.78 Å². The van der Waals surface area contributed by atoms with Crippen LogP contribution in [0.25, 0.3) is 0 Å². The molecule has 4 rings (SSSR count). The van der Waals surface area contributed by atoms with Gasteiger partial charge < -0.3 is 0 Å². The van der Waals surface area contributed by atoms with Crippen LogP contribution in [-0.2, 0) is 9.59 Å². The second-order valence-corrected chi connectivity index (χ2v) is 7.78. The van der Waals surface area contributed by atoms with Crippen molar-refractivity contribution in [1.29, 1.82) is 0 Å². The number of ketones is 1. The Bertz CT molecular complexity index is 660. The van der Waals surface area contributed by atoms with Crippen molar-refractivity contribution in [3.8, 4) is 0 Å². The van der Waals surface area contributed by atoms with Gasteiger partial charge in [-0.15, -0.1) is 0 Å². The van der Waals surface area contributed by atoms with Gasteiger partial charge in [0.2, 0.25) is 0 Å².